The maximum Gasteiger partial charge on any atom is 0.337 e. The first-order valence-corrected chi connectivity index (χ1v) is 7.26. The van der Waals surface area contributed by atoms with E-state index in [1.54, 1.807) is 26.0 Å². The van der Waals surface area contributed by atoms with Gasteiger partial charge >= 0.3 is 5.97 Å². The standard InChI is InChI=1S/C16H19N3O4/c1-10(15-18-11(2)19-23-15)17-14(20)9-6-12-4-7-13(8-5-12)16(21)22-3/h4-5,7-8,10H,6,9H2,1-3H3,(H,17,20)/t10-/m1/s1. The maximum atomic E-state index is 12.0. The minimum Gasteiger partial charge on any atom is -0.465 e. The third-order valence-corrected chi connectivity index (χ3v) is 3.31. The van der Waals surface area contributed by atoms with Crippen LogP contribution < -0.4 is 5.32 Å². The maximum absolute atomic E-state index is 12.0. The molecule has 1 atom stereocenters. The van der Waals surface area contributed by atoms with Crippen LogP contribution in [0.1, 0.15) is 47.0 Å². The lowest BCUT2D eigenvalue weighted by atomic mass is 10.1. The number of hydrogen-bond acceptors (Lipinski definition) is 6. The SMILES string of the molecule is COC(=O)c1ccc(CCC(=O)N[C@H](C)c2nc(C)no2)cc1. The molecule has 0 spiro atoms. The second-order valence-electron chi connectivity index (χ2n) is 5.16. The van der Waals surface area contributed by atoms with E-state index in [1.165, 1.54) is 7.11 Å². The van der Waals surface area contributed by atoms with Gasteiger partial charge in [-0.1, -0.05) is 17.3 Å². The molecule has 0 aliphatic carbocycles. The van der Waals surface area contributed by atoms with E-state index in [9.17, 15) is 9.59 Å². The van der Waals surface area contributed by atoms with Gasteiger partial charge in [0, 0.05) is 6.42 Å². The Bertz CT molecular complexity index is 679. The first kappa shape index (κ1) is 16.7. The van der Waals surface area contributed by atoms with E-state index in [4.69, 9.17) is 4.52 Å². The molecule has 0 aliphatic heterocycles. The summed E-state index contributed by atoms with van der Waals surface area (Å²) in [5.41, 5.74) is 1.45. The Balaban J connectivity index is 1.83. The summed E-state index contributed by atoms with van der Waals surface area (Å²) in [6, 6.07) is 6.66. The molecular formula is C16H19N3O4. The second-order valence-corrected chi connectivity index (χ2v) is 5.16. The van der Waals surface area contributed by atoms with Gasteiger partial charge in [0.1, 0.15) is 6.04 Å². The van der Waals surface area contributed by atoms with Crippen LogP contribution in [-0.2, 0) is 16.0 Å². The summed E-state index contributed by atoms with van der Waals surface area (Å²) in [4.78, 5) is 27.4. The van der Waals surface area contributed by atoms with E-state index < -0.39 is 0 Å². The summed E-state index contributed by atoms with van der Waals surface area (Å²) in [5.74, 6) is 0.438. The van der Waals surface area contributed by atoms with Crippen molar-refractivity contribution >= 4 is 11.9 Å². The normalized spacial score (nSPS) is 11.8. The largest absolute Gasteiger partial charge is 0.465 e. The van der Waals surface area contributed by atoms with Crippen molar-refractivity contribution in [2.75, 3.05) is 7.11 Å². The number of esters is 1. The first-order valence-electron chi connectivity index (χ1n) is 7.26. The molecule has 0 aliphatic rings. The van der Waals surface area contributed by atoms with E-state index >= 15 is 0 Å². The zero-order valence-corrected chi connectivity index (χ0v) is 13.3. The smallest absolute Gasteiger partial charge is 0.337 e. The summed E-state index contributed by atoms with van der Waals surface area (Å²) in [7, 11) is 1.34. The van der Waals surface area contributed by atoms with Crippen molar-refractivity contribution in [1.82, 2.24) is 15.5 Å². The summed E-state index contributed by atoms with van der Waals surface area (Å²) in [6.45, 7) is 3.51. The van der Waals surface area contributed by atoms with Crippen molar-refractivity contribution in [2.24, 2.45) is 0 Å². The van der Waals surface area contributed by atoms with Crippen LogP contribution in [0.2, 0.25) is 0 Å². The molecule has 0 radical (unpaired) electrons. The van der Waals surface area contributed by atoms with Crippen LogP contribution >= 0.6 is 0 Å². The Kier molecular flexibility index (Phi) is 5.46. The van der Waals surface area contributed by atoms with Crippen molar-refractivity contribution in [3.63, 3.8) is 0 Å². The molecule has 1 aromatic heterocycles. The fourth-order valence-electron chi connectivity index (χ4n) is 2.05. The molecule has 0 saturated heterocycles. The fraction of sp³-hybridized carbons (Fsp3) is 0.375. The van der Waals surface area contributed by atoms with Gasteiger partial charge in [-0.2, -0.15) is 4.98 Å². The predicted octanol–water partition coefficient (Wildman–Crippen LogP) is 1.97. The fourth-order valence-corrected chi connectivity index (χ4v) is 2.05. The molecule has 1 N–H and O–H groups in total. The molecule has 0 saturated carbocycles. The number of hydrogen-bond donors (Lipinski definition) is 1. The summed E-state index contributed by atoms with van der Waals surface area (Å²) < 4.78 is 9.66. The van der Waals surface area contributed by atoms with E-state index in [2.05, 4.69) is 20.2 Å². The molecule has 1 heterocycles. The van der Waals surface area contributed by atoms with E-state index in [0.29, 0.717) is 30.1 Å². The Labute approximate surface area is 134 Å². The van der Waals surface area contributed by atoms with Crippen LogP contribution in [0.5, 0.6) is 0 Å². The molecule has 2 aromatic rings. The second kappa shape index (κ2) is 7.53. The predicted molar refractivity (Wildman–Crippen MR) is 81.7 cm³/mol. The number of carbonyl (C=O) groups is 2. The van der Waals surface area contributed by atoms with Crippen LogP contribution in [0.4, 0.5) is 0 Å². The lowest BCUT2D eigenvalue weighted by Gasteiger charge is -2.09. The number of benzene rings is 1. The van der Waals surface area contributed by atoms with Gasteiger partial charge in [0.05, 0.1) is 12.7 Å². The number of amides is 1. The molecule has 122 valence electrons. The highest BCUT2D eigenvalue weighted by molar-refractivity contribution is 5.89. The molecule has 23 heavy (non-hydrogen) atoms. The van der Waals surface area contributed by atoms with Gasteiger partial charge < -0.3 is 14.6 Å². The summed E-state index contributed by atoms with van der Waals surface area (Å²) >= 11 is 0. The lowest BCUT2D eigenvalue weighted by molar-refractivity contribution is -0.121. The summed E-state index contributed by atoms with van der Waals surface area (Å²) in [6.07, 6.45) is 0.901. The number of carbonyl (C=O) groups excluding carboxylic acids is 2. The average Bonchev–Trinajstić information content (AvgIpc) is 2.99. The first-order chi connectivity index (χ1) is 11.0. The third-order valence-electron chi connectivity index (χ3n) is 3.31. The van der Waals surface area contributed by atoms with Gasteiger partial charge in [-0.3, -0.25) is 4.79 Å². The van der Waals surface area contributed by atoms with Crippen LogP contribution in [-0.4, -0.2) is 29.1 Å². The molecule has 0 unspecified atom stereocenters. The number of ether oxygens (including phenoxy) is 1. The highest BCUT2D eigenvalue weighted by atomic mass is 16.5. The third kappa shape index (κ3) is 4.64. The van der Waals surface area contributed by atoms with Gasteiger partial charge in [-0.15, -0.1) is 0 Å². The van der Waals surface area contributed by atoms with Crippen LogP contribution in [0.25, 0.3) is 0 Å². The Morgan fingerprint density at radius 1 is 1.30 bits per heavy atom. The molecule has 0 bridgehead atoms. The molecule has 0 fully saturated rings. The topological polar surface area (TPSA) is 94.3 Å². The molecule has 1 aromatic carbocycles. The summed E-state index contributed by atoms with van der Waals surface area (Å²) in [5, 5.41) is 6.50. The minimum atomic E-state index is -0.377. The van der Waals surface area contributed by atoms with Gasteiger partial charge in [-0.05, 0) is 38.0 Å². The quantitative estimate of drug-likeness (QED) is 0.819. The van der Waals surface area contributed by atoms with E-state index in [0.717, 1.165) is 5.56 Å². The number of nitrogens with zero attached hydrogens (tertiary/aromatic N) is 2. The Morgan fingerprint density at radius 3 is 2.57 bits per heavy atom. The van der Waals surface area contributed by atoms with E-state index in [-0.39, 0.29) is 17.9 Å². The number of aromatic nitrogens is 2. The lowest BCUT2D eigenvalue weighted by Crippen LogP contribution is -2.27. The number of rotatable bonds is 6. The van der Waals surface area contributed by atoms with Crippen molar-refractivity contribution < 1.29 is 18.8 Å². The average molecular weight is 317 g/mol. The zero-order chi connectivity index (χ0) is 16.8. The van der Waals surface area contributed by atoms with Gasteiger partial charge in [-0.25, -0.2) is 4.79 Å². The number of aryl methyl sites for hydroxylation is 2. The molecule has 7 heteroatoms. The Morgan fingerprint density at radius 2 is 2.00 bits per heavy atom. The van der Waals surface area contributed by atoms with Gasteiger partial charge in [0.25, 0.3) is 0 Å². The van der Waals surface area contributed by atoms with Crippen molar-refractivity contribution in [3.8, 4) is 0 Å². The molecule has 1 amide bonds. The van der Waals surface area contributed by atoms with Crippen molar-refractivity contribution in [1.29, 1.82) is 0 Å². The van der Waals surface area contributed by atoms with Gasteiger partial charge in [0.2, 0.25) is 11.8 Å². The van der Waals surface area contributed by atoms with Gasteiger partial charge in [0.15, 0.2) is 5.82 Å². The van der Waals surface area contributed by atoms with Crippen molar-refractivity contribution in [3.05, 3.63) is 47.1 Å². The molecule has 7 nitrogen and oxygen atoms in total. The van der Waals surface area contributed by atoms with E-state index in [1.807, 2.05) is 12.1 Å². The number of nitrogens with one attached hydrogen (secondary N) is 1. The molecular weight excluding hydrogens is 298 g/mol. The highest BCUT2D eigenvalue weighted by Crippen LogP contribution is 2.11. The Hall–Kier alpha value is -2.70. The van der Waals surface area contributed by atoms with Crippen molar-refractivity contribution in [2.45, 2.75) is 32.7 Å². The van der Waals surface area contributed by atoms with Crippen LogP contribution in [0.3, 0.4) is 0 Å². The highest BCUT2D eigenvalue weighted by Gasteiger charge is 2.15. The van der Waals surface area contributed by atoms with Crippen LogP contribution in [0, 0.1) is 6.92 Å². The monoisotopic (exact) mass is 317 g/mol. The zero-order valence-electron chi connectivity index (χ0n) is 13.3. The molecule has 2 rings (SSSR count). The van der Waals surface area contributed by atoms with Crippen LogP contribution in [0.15, 0.2) is 28.8 Å². The minimum absolute atomic E-state index is 0.106. The number of methoxy groups -OCH3 is 1.